The third-order valence-electron chi connectivity index (χ3n) is 3.38. The Morgan fingerprint density at radius 2 is 1.88 bits per heavy atom. The third kappa shape index (κ3) is 3.24. The van der Waals surface area contributed by atoms with E-state index in [1.807, 2.05) is 19.1 Å². The van der Waals surface area contributed by atoms with Gasteiger partial charge < -0.3 is 14.8 Å². The molecule has 1 aliphatic rings. The molecule has 92 valence electrons. The fourth-order valence-electron chi connectivity index (χ4n) is 2.35. The molecule has 1 saturated carbocycles. The molecule has 1 aromatic carbocycles. The van der Waals surface area contributed by atoms with Crippen molar-refractivity contribution >= 4 is 12.6 Å². The van der Waals surface area contributed by atoms with Gasteiger partial charge in [-0.15, -0.1) is 0 Å². The van der Waals surface area contributed by atoms with Crippen LogP contribution in [-0.2, 0) is 0 Å². The number of ether oxygens (including phenoxy) is 1. The van der Waals surface area contributed by atoms with Crippen LogP contribution in [0.5, 0.6) is 5.75 Å². The van der Waals surface area contributed by atoms with Crippen molar-refractivity contribution in [2.24, 2.45) is 0 Å². The molecule has 0 amide bonds. The van der Waals surface area contributed by atoms with Gasteiger partial charge in [0, 0.05) is 0 Å². The van der Waals surface area contributed by atoms with E-state index in [2.05, 4.69) is 0 Å². The number of hydrogen-bond acceptors (Lipinski definition) is 3. The van der Waals surface area contributed by atoms with Crippen LogP contribution >= 0.6 is 0 Å². The molecule has 0 bridgehead atoms. The molecule has 1 fully saturated rings. The van der Waals surface area contributed by atoms with Gasteiger partial charge in [-0.05, 0) is 50.2 Å². The van der Waals surface area contributed by atoms with Crippen LogP contribution < -0.4 is 10.2 Å². The maximum atomic E-state index is 9.23. The fourth-order valence-corrected chi connectivity index (χ4v) is 2.35. The van der Waals surface area contributed by atoms with Gasteiger partial charge in [0.05, 0.1) is 6.10 Å². The molecule has 17 heavy (non-hydrogen) atoms. The van der Waals surface area contributed by atoms with Gasteiger partial charge in [-0.25, -0.2) is 0 Å². The fraction of sp³-hybridized carbons (Fsp3) is 0.538. The Kier molecular flexibility index (Phi) is 4.08. The van der Waals surface area contributed by atoms with Crippen LogP contribution in [0.1, 0.15) is 37.7 Å². The van der Waals surface area contributed by atoms with Crippen molar-refractivity contribution in [3.8, 4) is 5.75 Å². The van der Waals surface area contributed by atoms with E-state index in [9.17, 15) is 10.0 Å². The summed E-state index contributed by atoms with van der Waals surface area (Å²) in [5, 5.41) is 18.5. The van der Waals surface area contributed by atoms with Crippen molar-refractivity contribution < 1.29 is 14.8 Å². The molecule has 0 radical (unpaired) electrons. The zero-order valence-corrected chi connectivity index (χ0v) is 10.2. The topological polar surface area (TPSA) is 49.7 Å². The Bertz CT molecular complexity index is 373. The van der Waals surface area contributed by atoms with Gasteiger partial charge in [0.1, 0.15) is 5.75 Å². The molecule has 0 saturated heterocycles. The normalized spacial score (nSPS) is 16.9. The molecule has 0 heterocycles. The van der Waals surface area contributed by atoms with Gasteiger partial charge in [0.15, 0.2) is 0 Å². The summed E-state index contributed by atoms with van der Waals surface area (Å²) in [4.78, 5) is 0. The van der Waals surface area contributed by atoms with Gasteiger partial charge in [0.2, 0.25) is 0 Å². The van der Waals surface area contributed by atoms with Crippen LogP contribution in [0, 0.1) is 6.92 Å². The summed E-state index contributed by atoms with van der Waals surface area (Å²) in [5.41, 5.74) is 1.40. The maximum absolute atomic E-state index is 9.23. The lowest BCUT2D eigenvalue weighted by atomic mass is 9.77. The maximum Gasteiger partial charge on any atom is 0.488 e. The van der Waals surface area contributed by atoms with E-state index in [1.165, 1.54) is 19.3 Å². The Morgan fingerprint density at radius 1 is 1.18 bits per heavy atom. The summed E-state index contributed by atoms with van der Waals surface area (Å²) in [6.45, 7) is 1.86. The zero-order chi connectivity index (χ0) is 12.3. The Balaban J connectivity index is 2.07. The summed E-state index contributed by atoms with van der Waals surface area (Å²) >= 11 is 0. The molecule has 0 aliphatic heterocycles. The van der Waals surface area contributed by atoms with Crippen molar-refractivity contribution in [1.82, 2.24) is 0 Å². The SMILES string of the molecule is Cc1ccc(OC2CCCCC2)cc1B(O)O. The second-order valence-electron chi connectivity index (χ2n) is 4.77. The van der Waals surface area contributed by atoms with E-state index in [-0.39, 0.29) is 6.10 Å². The van der Waals surface area contributed by atoms with Crippen LogP contribution in [-0.4, -0.2) is 23.3 Å². The van der Waals surface area contributed by atoms with Crippen molar-refractivity contribution in [2.45, 2.75) is 45.1 Å². The molecular formula is C13H19BO3. The molecule has 4 heteroatoms. The lowest BCUT2D eigenvalue weighted by molar-refractivity contribution is 0.155. The first-order valence-electron chi connectivity index (χ1n) is 6.30. The van der Waals surface area contributed by atoms with Crippen LogP contribution in [0.2, 0.25) is 0 Å². The van der Waals surface area contributed by atoms with Crippen LogP contribution in [0.15, 0.2) is 18.2 Å². The summed E-state index contributed by atoms with van der Waals surface area (Å²) in [6.07, 6.45) is 6.25. The van der Waals surface area contributed by atoms with E-state index in [0.717, 1.165) is 24.2 Å². The van der Waals surface area contributed by atoms with E-state index in [1.54, 1.807) is 6.07 Å². The highest BCUT2D eigenvalue weighted by molar-refractivity contribution is 6.59. The van der Waals surface area contributed by atoms with Gasteiger partial charge in [-0.2, -0.15) is 0 Å². The van der Waals surface area contributed by atoms with E-state index in [4.69, 9.17) is 4.74 Å². The van der Waals surface area contributed by atoms with Crippen molar-refractivity contribution in [3.05, 3.63) is 23.8 Å². The van der Waals surface area contributed by atoms with Gasteiger partial charge in [-0.3, -0.25) is 0 Å². The van der Waals surface area contributed by atoms with E-state index >= 15 is 0 Å². The molecule has 2 rings (SSSR count). The molecule has 0 spiro atoms. The summed E-state index contributed by atoms with van der Waals surface area (Å²) in [6, 6.07) is 5.50. The van der Waals surface area contributed by atoms with E-state index < -0.39 is 7.12 Å². The standard InChI is InChI=1S/C13H19BO3/c1-10-7-8-12(9-13(10)14(15)16)17-11-5-3-2-4-6-11/h7-9,11,15-16H,2-6H2,1H3. The number of aryl methyl sites for hydroxylation is 1. The highest BCUT2D eigenvalue weighted by Crippen LogP contribution is 2.23. The first-order chi connectivity index (χ1) is 8.16. The van der Waals surface area contributed by atoms with Crippen LogP contribution in [0.3, 0.4) is 0 Å². The largest absolute Gasteiger partial charge is 0.490 e. The van der Waals surface area contributed by atoms with Crippen LogP contribution in [0.4, 0.5) is 0 Å². The minimum atomic E-state index is -1.43. The Labute approximate surface area is 103 Å². The average Bonchev–Trinajstić information content (AvgIpc) is 2.32. The molecular weight excluding hydrogens is 215 g/mol. The van der Waals surface area contributed by atoms with Crippen molar-refractivity contribution in [3.63, 3.8) is 0 Å². The van der Waals surface area contributed by atoms with E-state index in [0.29, 0.717) is 5.46 Å². The Morgan fingerprint density at radius 3 is 2.53 bits per heavy atom. The number of hydrogen-bond donors (Lipinski definition) is 2. The predicted molar refractivity (Wildman–Crippen MR) is 68.5 cm³/mol. The van der Waals surface area contributed by atoms with Crippen LogP contribution in [0.25, 0.3) is 0 Å². The zero-order valence-electron chi connectivity index (χ0n) is 10.2. The average molecular weight is 234 g/mol. The minimum Gasteiger partial charge on any atom is -0.490 e. The lowest BCUT2D eigenvalue weighted by Crippen LogP contribution is -2.32. The number of rotatable bonds is 3. The second-order valence-corrected chi connectivity index (χ2v) is 4.77. The summed E-state index contributed by atoms with van der Waals surface area (Å²) in [7, 11) is -1.43. The van der Waals surface area contributed by atoms with Gasteiger partial charge in [-0.1, -0.05) is 18.1 Å². The smallest absolute Gasteiger partial charge is 0.488 e. The molecule has 1 aromatic rings. The van der Waals surface area contributed by atoms with Gasteiger partial charge >= 0.3 is 7.12 Å². The monoisotopic (exact) mass is 234 g/mol. The van der Waals surface area contributed by atoms with Gasteiger partial charge in [0.25, 0.3) is 0 Å². The quantitative estimate of drug-likeness (QED) is 0.777. The first-order valence-corrected chi connectivity index (χ1v) is 6.30. The minimum absolute atomic E-state index is 0.287. The first kappa shape index (κ1) is 12.5. The molecule has 0 aromatic heterocycles. The Hall–Kier alpha value is -0.995. The highest BCUT2D eigenvalue weighted by Gasteiger charge is 2.18. The number of benzene rings is 1. The van der Waals surface area contributed by atoms with Crippen molar-refractivity contribution in [2.75, 3.05) is 0 Å². The molecule has 3 nitrogen and oxygen atoms in total. The summed E-state index contributed by atoms with van der Waals surface area (Å²) < 4.78 is 5.88. The lowest BCUT2D eigenvalue weighted by Gasteiger charge is -2.23. The van der Waals surface area contributed by atoms with Crippen molar-refractivity contribution in [1.29, 1.82) is 0 Å². The highest BCUT2D eigenvalue weighted by atomic mass is 16.5. The third-order valence-corrected chi connectivity index (χ3v) is 3.38. The molecule has 0 atom stereocenters. The molecule has 0 unspecified atom stereocenters. The molecule has 2 N–H and O–H groups in total. The summed E-state index contributed by atoms with van der Waals surface area (Å²) in [5.74, 6) is 0.741. The molecule has 1 aliphatic carbocycles. The second kappa shape index (κ2) is 5.56. The predicted octanol–water partition coefficient (Wildman–Crippen LogP) is 1.39.